The van der Waals surface area contributed by atoms with E-state index >= 15 is 0 Å². The number of nitrogens with zero attached hydrogens (tertiary/aromatic N) is 1. The van der Waals surface area contributed by atoms with Gasteiger partial charge in [-0.25, -0.2) is 9.59 Å². The molecule has 2 fully saturated rings. The molecule has 1 atom stereocenters. The summed E-state index contributed by atoms with van der Waals surface area (Å²) >= 11 is 0. The summed E-state index contributed by atoms with van der Waals surface area (Å²) in [6.07, 6.45) is 2.54. The third kappa shape index (κ3) is 3.94. The van der Waals surface area contributed by atoms with E-state index in [9.17, 15) is 19.2 Å². The molecule has 1 aliphatic heterocycles. The molecule has 0 aromatic heterocycles. The minimum absolute atomic E-state index is 0.141. The predicted molar refractivity (Wildman–Crippen MR) is 97.0 cm³/mol. The number of urea groups is 1. The second-order valence-electron chi connectivity index (χ2n) is 7.06. The number of hydrogen-bond donors (Lipinski definition) is 2. The Labute approximate surface area is 157 Å². The third-order valence-corrected chi connectivity index (χ3v) is 4.84. The van der Waals surface area contributed by atoms with Crippen molar-refractivity contribution in [3.8, 4) is 0 Å². The molecule has 1 heterocycles. The van der Waals surface area contributed by atoms with Gasteiger partial charge >= 0.3 is 12.0 Å². The third-order valence-electron chi connectivity index (χ3n) is 4.84. The van der Waals surface area contributed by atoms with E-state index in [2.05, 4.69) is 10.6 Å². The SMILES string of the molecule is CCCOC(=O)c1ccc(NC(=O)CN2C(=O)NC(C)(C3CC3)C2=O)cc1. The standard InChI is InChI=1S/C19H23N3O5/c1-3-10-27-16(24)12-4-8-14(9-5-12)20-15(23)11-22-17(25)19(2,13-6-7-13)21-18(22)26/h4-5,8-9,13H,3,6-7,10-11H2,1-2H3,(H,20,23)(H,21,26). The van der Waals surface area contributed by atoms with E-state index in [1.54, 1.807) is 31.2 Å². The average Bonchev–Trinajstić information content (AvgIpc) is 3.46. The number of benzene rings is 1. The number of amides is 4. The van der Waals surface area contributed by atoms with E-state index in [-0.39, 0.29) is 18.4 Å². The first-order valence-corrected chi connectivity index (χ1v) is 9.06. The molecular weight excluding hydrogens is 350 g/mol. The Kier molecular flexibility index (Phi) is 5.16. The highest BCUT2D eigenvalue weighted by molar-refractivity contribution is 6.10. The summed E-state index contributed by atoms with van der Waals surface area (Å²) in [5.74, 6) is -1.13. The van der Waals surface area contributed by atoms with Gasteiger partial charge in [0, 0.05) is 5.69 Å². The molecule has 0 radical (unpaired) electrons. The van der Waals surface area contributed by atoms with Crippen molar-refractivity contribution in [2.24, 2.45) is 5.92 Å². The summed E-state index contributed by atoms with van der Waals surface area (Å²) < 4.78 is 5.04. The number of nitrogens with one attached hydrogen (secondary N) is 2. The molecule has 1 saturated heterocycles. The molecule has 1 unspecified atom stereocenters. The predicted octanol–water partition coefficient (Wildman–Crippen LogP) is 1.91. The van der Waals surface area contributed by atoms with Crippen molar-refractivity contribution in [2.75, 3.05) is 18.5 Å². The molecule has 2 aliphatic rings. The number of hydrogen-bond acceptors (Lipinski definition) is 5. The first-order valence-electron chi connectivity index (χ1n) is 9.06. The lowest BCUT2D eigenvalue weighted by atomic mass is 9.96. The molecule has 1 aliphatic carbocycles. The molecule has 8 nitrogen and oxygen atoms in total. The largest absolute Gasteiger partial charge is 0.462 e. The molecule has 3 rings (SSSR count). The van der Waals surface area contributed by atoms with Crippen molar-refractivity contribution in [1.82, 2.24) is 10.2 Å². The average molecular weight is 373 g/mol. The zero-order valence-electron chi connectivity index (χ0n) is 15.4. The maximum absolute atomic E-state index is 12.5. The van der Waals surface area contributed by atoms with Gasteiger partial charge in [-0.15, -0.1) is 0 Å². The Morgan fingerprint density at radius 1 is 1.26 bits per heavy atom. The molecule has 0 bridgehead atoms. The minimum atomic E-state index is -0.905. The fourth-order valence-corrected chi connectivity index (χ4v) is 3.11. The zero-order valence-corrected chi connectivity index (χ0v) is 15.4. The van der Waals surface area contributed by atoms with E-state index in [1.807, 2.05) is 6.92 Å². The summed E-state index contributed by atoms with van der Waals surface area (Å²) in [5.41, 5.74) is -0.0579. The maximum atomic E-state index is 12.5. The van der Waals surface area contributed by atoms with Gasteiger partial charge in [0.2, 0.25) is 5.91 Å². The number of ether oxygens (including phenoxy) is 1. The maximum Gasteiger partial charge on any atom is 0.338 e. The summed E-state index contributed by atoms with van der Waals surface area (Å²) in [4.78, 5) is 49.6. The van der Waals surface area contributed by atoms with Crippen LogP contribution in [0.3, 0.4) is 0 Å². The van der Waals surface area contributed by atoms with Crippen LogP contribution in [0.4, 0.5) is 10.5 Å². The lowest BCUT2D eigenvalue weighted by Gasteiger charge is -2.20. The smallest absolute Gasteiger partial charge is 0.338 e. The van der Waals surface area contributed by atoms with Gasteiger partial charge in [-0.05, 0) is 56.4 Å². The fourth-order valence-electron chi connectivity index (χ4n) is 3.11. The van der Waals surface area contributed by atoms with Crippen molar-refractivity contribution in [3.63, 3.8) is 0 Å². The second-order valence-corrected chi connectivity index (χ2v) is 7.06. The van der Waals surface area contributed by atoms with Gasteiger partial charge < -0.3 is 15.4 Å². The quantitative estimate of drug-likeness (QED) is 0.561. The summed E-state index contributed by atoms with van der Waals surface area (Å²) in [6.45, 7) is 3.61. The lowest BCUT2D eigenvalue weighted by molar-refractivity contribution is -0.134. The highest BCUT2D eigenvalue weighted by Crippen LogP contribution is 2.42. The second kappa shape index (κ2) is 7.38. The number of rotatable bonds is 7. The van der Waals surface area contributed by atoms with Gasteiger partial charge in [-0.1, -0.05) is 6.92 Å². The van der Waals surface area contributed by atoms with Crippen molar-refractivity contribution in [2.45, 2.75) is 38.6 Å². The Balaban J connectivity index is 1.57. The van der Waals surface area contributed by atoms with E-state index in [1.165, 1.54) is 0 Å². The number of carbonyl (C=O) groups excluding carboxylic acids is 4. The summed E-state index contributed by atoms with van der Waals surface area (Å²) in [6, 6.07) is 5.69. The summed E-state index contributed by atoms with van der Waals surface area (Å²) in [5, 5.41) is 5.33. The van der Waals surface area contributed by atoms with Crippen molar-refractivity contribution < 1.29 is 23.9 Å². The molecule has 4 amide bonds. The van der Waals surface area contributed by atoms with Gasteiger partial charge in [0.05, 0.1) is 12.2 Å². The van der Waals surface area contributed by atoms with E-state index in [0.717, 1.165) is 24.2 Å². The minimum Gasteiger partial charge on any atom is -0.462 e. The Hall–Kier alpha value is -2.90. The van der Waals surface area contributed by atoms with Crippen LogP contribution in [0.1, 0.15) is 43.5 Å². The molecule has 144 valence electrons. The van der Waals surface area contributed by atoms with E-state index < -0.39 is 23.4 Å². The van der Waals surface area contributed by atoms with E-state index in [4.69, 9.17) is 4.74 Å². The number of anilines is 1. The molecule has 8 heteroatoms. The lowest BCUT2D eigenvalue weighted by Crippen LogP contribution is -2.46. The van der Waals surface area contributed by atoms with Crippen LogP contribution in [0.2, 0.25) is 0 Å². The van der Waals surface area contributed by atoms with Gasteiger partial charge in [-0.3, -0.25) is 14.5 Å². The molecular formula is C19H23N3O5. The van der Waals surface area contributed by atoms with Crippen LogP contribution in [-0.2, 0) is 14.3 Å². The van der Waals surface area contributed by atoms with Crippen LogP contribution in [0.5, 0.6) is 0 Å². The highest BCUT2D eigenvalue weighted by atomic mass is 16.5. The Morgan fingerprint density at radius 3 is 2.52 bits per heavy atom. The highest BCUT2D eigenvalue weighted by Gasteiger charge is 2.56. The Morgan fingerprint density at radius 2 is 1.93 bits per heavy atom. The van der Waals surface area contributed by atoms with Gasteiger partial charge in [-0.2, -0.15) is 0 Å². The van der Waals surface area contributed by atoms with Gasteiger partial charge in [0.25, 0.3) is 5.91 Å². The van der Waals surface area contributed by atoms with E-state index in [0.29, 0.717) is 17.9 Å². The molecule has 1 aromatic rings. The number of imide groups is 1. The van der Waals surface area contributed by atoms with Gasteiger partial charge in [0.1, 0.15) is 12.1 Å². The molecule has 27 heavy (non-hydrogen) atoms. The van der Waals surface area contributed by atoms with Crippen LogP contribution in [0.25, 0.3) is 0 Å². The monoisotopic (exact) mass is 373 g/mol. The topological polar surface area (TPSA) is 105 Å². The van der Waals surface area contributed by atoms with Crippen LogP contribution in [0.15, 0.2) is 24.3 Å². The molecule has 1 aromatic carbocycles. The zero-order chi connectivity index (χ0) is 19.6. The fraction of sp³-hybridized carbons (Fsp3) is 0.474. The van der Waals surface area contributed by atoms with Crippen LogP contribution in [0, 0.1) is 5.92 Å². The number of esters is 1. The normalized spacial score (nSPS) is 21.8. The molecule has 0 spiro atoms. The number of carbonyl (C=O) groups is 4. The molecule has 2 N–H and O–H groups in total. The van der Waals surface area contributed by atoms with Crippen molar-refractivity contribution in [1.29, 1.82) is 0 Å². The van der Waals surface area contributed by atoms with Crippen molar-refractivity contribution in [3.05, 3.63) is 29.8 Å². The molecule has 1 saturated carbocycles. The van der Waals surface area contributed by atoms with Crippen molar-refractivity contribution >= 4 is 29.5 Å². The first-order chi connectivity index (χ1) is 12.8. The Bertz CT molecular complexity index is 772. The van der Waals surface area contributed by atoms with Crippen LogP contribution < -0.4 is 10.6 Å². The first kappa shape index (κ1) is 18.9. The van der Waals surface area contributed by atoms with Gasteiger partial charge in [0.15, 0.2) is 0 Å². The van der Waals surface area contributed by atoms with Crippen LogP contribution >= 0.6 is 0 Å². The summed E-state index contributed by atoms with van der Waals surface area (Å²) in [7, 11) is 0. The van der Waals surface area contributed by atoms with Crippen LogP contribution in [-0.4, -0.2) is 47.4 Å².